The summed E-state index contributed by atoms with van der Waals surface area (Å²) in [6.45, 7) is 5.16. The van der Waals surface area contributed by atoms with Crippen molar-refractivity contribution in [1.82, 2.24) is 4.31 Å². The highest BCUT2D eigenvalue weighted by atomic mass is 32.2. The number of hydrogen-bond acceptors (Lipinski definition) is 7. The van der Waals surface area contributed by atoms with Crippen LogP contribution in [0.1, 0.15) is 33.6 Å². The second-order valence-electron chi connectivity index (χ2n) is 5.53. The first-order valence-corrected chi connectivity index (χ1v) is 7.89. The van der Waals surface area contributed by atoms with Crippen molar-refractivity contribution in [1.29, 1.82) is 5.41 Å². The van der Waals surface area contributed by atoms with Gasteiger partial charge < -0.3 is 10.1 Å². The van der Waals surface area contributed by atoms with Gasteiger partial charge >= 0.3 is 5.97 Å². The van der Waals surface area contributed by atoms with Crippen molar-refractivity contribution < 1.29 is 19.1 Å². The Labute approximate surface area is 135 Å². The van der Waals surface area contributed by atoms with Gasteiger partial charge in [0.05, 0.1) is 12.8 Å². The molecule has 7 nitrogen and oxygen atoms in total. The summed E-state index contributed by atoms with van der Waals surface area (Å²) in [6.07, 6.45) is 2.40. The van der Waals surface area contributed by atoms with Crippen LogP contribution in [-0.4, -0.2) is 59.3 Å². The molecule has 8 heteroatoms. The zero-order valence-electron chi connectivity index (χ0n) is 13.6. The van der Waals surface area contributed by atoms with Crippen LogP contribution < -0.4 is 0 Å². The van der Waals surface area contributed by atoms with Crippen molar-refractivity contribution in [3.8, 4) is 0 Å². The maximum absolute atomic E-state index is 12.1. The van der Waals surface area contributed by atoms with E-state index in [2.05, 4.69) is 4.99 Å². The molecule has 0 rings (SSSR count). The van der Waals surface area contributed by atoms with Crippen LogP contribution in [0.25, 0.3) is 0 Å². The fraction of sp³-hybridized carbons (Fsp3) is 0.643. The van der Waals surface area contributed by atoms with E-state index in [9.17, 15) is 14.4 Å². The van der Waals surface area contributed by atoms with Gasteiger partial charge in [0.15, 0.2) is 5.78 Å². The molecule has 0 spiro atoms. The van der Waals surface area contributed by atoms with Crippen LogP contribution in [0.15, 0.2) is 4.99 Å². The fourth-order valence-electron chi connectivity index (χ4n) is 1.30. The van der Waals surface area contributed by atoms with Crippen LogP contribution in [-0.2, 0) is 19.1 Å². The van der Waals surface area contributed by atoms with Gasteiger partial charge in [-0.25, -0.2) is 14.1 Å². The van der Waals surface area contributed by atoms with Gasteiger partial charge in [0.25, 0.3) is 5.91 Å². The molecule has 0 saturated carbocycles. The maximum Gasteiger partial charge on any atom is 0.353 e. The Kier molecular flexibility index (Phi) is 8.81. The highest BCUT2D eigenvalue weighted by molar-refractivity contribution is 7.96. The van der Waals surface area contributed by atoms with Crippen molar-refractivity contribution in [3.63, 3.8) is 0 Å². The number of amides is 1. The second-order valence-corrected chi connectivity index (χ2v) is 6.52. The Bertz CT molecular complexity index is 469. The second kappa shape index (κ2) is 9.47. The smallest absolute Gasteiger partial charge is 0.353 e. The molecule has 1 N–H and O–H groups in total. The monoisotopic (exact) mass is 329 g/mol. The van der Waals surface area contributed by atoms with Crippen LogP contribution >= 0.6 is 11.9 Å². The average Bonchev–Trinajstić information content (AvgIpc) is 2.40. The number of Topliss-reactive ketones (excluding diaryl/α,β-unsaturated/α-hetero) is 1. The Hall–Kier alpha value is -1.54. The number of carbonyl (C=O) groups excluding carboxylic acids is 3. The van der Waals surface area contributed by atoms with Gasteiger partial charge in [-0.1, -0.05) is 11.9 Å². The summed E-state index contributed by atoms with van der Waals surface area (Å²) in [7, 11) is 1.73. The van der Waals surface area contributed by atoms with E-state index in [1.54, 1.807) is 32.1 Å². The van der Waals surface area contributed by atoms with Gasteiger partial charge in [-0.3, -0.25) is 9.59 Å². The Morgan fingerprint density at radius 3 is 2.32 bits per heavy atom. The molecule has 0 unspecified atom stereocenters. The zero-order chi connectivity index (χ0) is 17.3. The molecule has 0 bridgehead atoms. The molecule has 0 heterocycles. The van der Waals surface area contributed by atoms with Gasteiger partial charge in [-0.05, 0) is 34.1 Å². The maximum atomic E-state index is 12.1. The van der Waals surface area contributed by atoms with E-state index in [0.29, 0.717) is 6.21 Å². The quantitative estimate of drug-likeness (QED) is 0.411. The largest absolute Gasteiger partial charge is 0.455 e. The minimum atomic E-state index is -0.720. The first-order valence-electron chi connectivity index (χ1n) is 6.71. The molecule has 0 aromatic rings. The standard InChI is InChI=1S/C14H23N3O4S/c1-14(2,3)21-13(20)11(7-6-10(18)8-15)16-12(19)9-17(4)22-5/h8,15H,6-7,9H2,1-5H3. The molecule has 0 fully saturated rings. The van der Waals surface area contributed by atoms with E-state index in [-0.39, 0.29) is 25.1 Å². The molecule has 0 radical (unpaired) electrons. The Balaban J connectivity index is 5.06. The number of ether oxygens (including phenoxy) is 1. The third kappa shape index (κ3) is 9.41. The minimum Gasteiger partial charge on any atom is -0.455 e. The van der Waals surface area contributed by atoms with Crippen LogP contribution in [0.2, 0.25) is 0 Å². The van der Waals surface area contributed by atoms with Crippen molar-refractivity contribution in [2.45, 2.75) is 39.2 Å². The van der Waals surface area contributed by atoms with Crippen LogP contribution in [0, 0.1) is 5.41 Å². The molecular weight excluding hydrogens is 306 g/mol. The molecule has 0 aliphatic carbocycles. The SMILES string of the molecule is CSN(C)CC(=O)N=C(CCC(=O)C=N)C(=O)OC(C)(C)C. The molecule has 0 aliphatic heterocycles. The lowest BCUT2D eigenvalue weighted by Crippen LogP contribution is -2.30. The molecular formula is C14H23N3O4S. The Morgan fingerprint density at radius 2 is 1.86 bits per heavy atom. The van der Waals surface area contributed by atoms with Crippen molar-refractivity contribution in [3.05, 3.63) is 0 Å². The third-order valence-corrected chi connectivity index (χ3v) is 3.09. The molecule has 1 amide bonds. The number of esters is 1. The van der Waals surface area contributed by atoms with Gasteiger partial charge in [-0.15, -0.1) is 0 Å². The fourth-order valence-corrected chi connectivity index (χ4v) is 1.53. The number of likely N-dealkylation sites (N-methyl/N-ethyl adjacent to an activating group) is 1. The molecule has 0 atom stereocenters. The summed E-state index contributed by atoms with van der Waals surface area (Å²) >= 11 is 1.36. The number of ketones is 1. The van der Waals surface area contributed by atoms with E-state index in [4.69, 9.17) is 10.1 Å². The summed E-state index contributed by atoms with van der Waals surface area (Å²) in [6, 6.07) is 0. The van der Waals surface area contributed by atoms with Crippen molar-refractivity contribution in [2.75, 3.05) is 19.8 Å². The van der Waals surface area contributed by atoms with Gasteiger partial charge in [0.1, 0.15) is 11.3 Å². The van der Waals surface area contributed by atoms with E-state index in [1.165, 1.54) is 11.9 Å². The van der Waals surface area contributed by atoms with E-state index in [0.717, 1.165) is 0 Å². The van der Waals surface area contributed by atoms with Crippen LogP contribution in [0.3, 0.4) is 0 Å². The van der Waals surface area contributed by atoms with Gasteiger partial charge in [0, 0.05) is 12.8 Å². The normalized spacial score (nSPS) is 12.2. The number of nitrogens with one attached hydrogen (secondary N) is 1. The van der Waals surface area contributed by atoms with E-state index >= 15 is 0 Å². The van der Waals surface area contributed by atoms with Crippen LogP contribution in [0.4, 0.5) is 0 Å². The molecule has 0 aromatic heterocycles. The van der Waals surface area contributed by atoms with Crippen molar-refractivity contribution >= 4 is 41.5 Å². The molecule has 22 heavy (non-hydrogen) atoms. The Morgan fingerprint density at radius 1 is 1.27 bits per heavy atom. The summed E-state index contributed by atoms with van der Waals surface area (Å²) in [5, 5.41) is 6.86. The summed E-state index contributed by atoms with van der Waals surface area (Å²) in [4.78, 5) is 38.8. The number of hydrogen-bond donors (Lipinski definition) is 1. The minimum absolute atomic E-state index is 0.0299. The predicted molar refractivity (Wildman–Crippen MR) is 87.5 cm³/mol. The van der Waals surface area contributed by atoms with E-state index in [1.807, 2.05) is 6.26 Å². The number of nitrogens with zero attached hydrogens (tertiary/aromatic N) is 2. The molecule has 124 valence electrons. The first-order chi connectivity index (χ1) is 10.1. The average molecular weight is 329 g/mol. The highest BCUT2D eigenvalue weighted by Crippen LogP contribution is 2.10. The lowest BCUT2D eigenvalue weighted by Gasteiger charge is -2.20. The lowest BCUT2D eigenvalue weighted by molar-refractivity contribution is -0.146. The highest BCUT2D eigenvalue weighted by Gasteiger charge is 2.22. The predicted octanol–water partition coefficient (Wildman–Crippen LogP) is 1.50. The molecule has 0 aromatic carbocycles. The number of rotatable bonds is 8. The number of aliphatic imine (C=N–C) groups is 1. The topological polar surface area (TPSA) is 99.9 Å². The zero-order valence-corrected chi connectivity index (χ0v) is 14.5. The summed E-state index contributed by atoms with van der Waals surface area (Å²) in [5.74, 6) is -1.64. The van der Waals surface area contributed by atoms with Crippen molar-refractivity contribution in [2.24, 2.45) is 4.99 Å². The lowest BCUT2D eigenvalue weighted by atomic mass is 10.1. The summed E-state index contributed by atoms with van der Waals surface area (Å²) < 4.78 is 6.86. The molecule has 0 saturated heterocycles. The first kappa shape index (κ1) is 20.5. The van der Waals surface area contributed by atoms with Gasteiger partial charge in [0.2, 0.25) is 0 Å². The van der Waals surface area contributed by atoms with Crippen LogP contribution in [0.5, 0.6) is 0 Å². The third-order valence-electron chi connectivity index (χ3n) is 2.33. The molecule has 0 aliphatic rings. The van der Waals surface area contributed by atoms with E-state index < -0.39 is 23.3 Å². The number of carbonyl (C=O) groups is 3. The van der Waals surface area contributed by atoms with Gasteiger partial charge in [-0.2, -0.15) is 0 Å². The summed E-state index contributed by atoms with van der Waals surface area (Å²) in [5.41, 5.74) is -0.813.